The van der Waals surface area contributed by atoms with Crippen LogP contribution in [-0.2, 0) is 0 Å². The quantitative estimate of drug-likeness (QED) is 0.580. The van der Waals surface area contributed by atoms with Crippen molar-refractivity contribution in [3.8, 4) is 0 Å². The summed E-state index contributed by atoms with van der Waals surface area (Å²) >= 11 is 0. The van der Waals surface area contributed by atoms with E-state index in [9.17, 15) is 4.39 Å². The van der Waals surface area contributed by atoms with E-state index in [4.69, 9.17) is 0 Å². The monoisotopic (exact) mass is 143 g/mol. The number of rotatable bonds is 2. The van der Waals surface area contributed by atoms with E-state index < -0.39 is 5.67 Å². The van der Waals surface area contributed by atoms with E-state index >= 15 is 0 Å². The van der Waals surface area contributed by atoms with Gasteiger partial charge in [0.25, 0.3) is 0 Å². The third kappa shape index (κ3) is 1.81. The fraction of sp³-hybridized carbons (Fsp3) is 0.750. The second-order valence-electron chi connectivity index (χ2n) is 2.89. The SMILES string of the molecule is C=CCC1(F)CCNCC1. The maximum Gasteiger partial charge on any atom is 0.116 e. The van der Waals surface area contributed by atoms with Crippen LogP contribution < -0.4 is 5.32 Å². The van der Waals surface area contributed by atoms with Crippen molar-refractivity contribution in [1.29, 1.82) is 0 Å². The molecule has 0 aromatic heterocycles. The molecule has 1 fully saturated rings. The zero-order valence-corrected chi connectivity index (χ0v) is 6.20. The molecule has 0 amide bonds. The minimum absolute atomic E-state index is 0.509. The van der Waals surface area contributed by atoms with Crippen molar-refractivity contribution < 1.29 is 4.39 Å². The Kier molecular flexibility index (Phi) is 2.44. The van der Waals surface area contributed by atoms with Crippen LogP contribution in [0.5, 0.6) is 0 Å². The van der Waals surface area contributed by atoms with Gasteiger partial charge in [-0.25, -0.2) is 4.39 Å². The summed E-state index contributed by atoms with van der Waals surface area (Å²) in [5.41, 5.74) is -0.951. The van der Waals surface area contributed by atoms with E-state index in [1.54, 1.807) is 6.08 Å². The molecule has 1 aliphatic rings. The minimum atomic E-state index is -0.951. The molecule has 0 unspecified atom stereocenters. The Morgan fingerprint density at radius 3 is 2.60 bits per heavy atom. The molecule has 1 heterocycles. The van der Waals surface area contributed by atoms with Crippen LogP contribution >= 0.6 is 0 Å². The zero-order chi connectivity index (χ0) is 7.45. The van der Waals surface area contributed by atoms with Crippen molar-refractivity contribution in [2.24, 2.45) is 0 Å². The molecule has 0 spiro atoms. The molecule has 0 bridgehead atoms. The highest BCUT2D eigenvalue weighted by molar-refractivity contribution is 4.90. The van der Waals surface area contributed by atoms with Gasteiger partial charge in [0.15, 0.2) is 0 Å². The fourth-order valence-electron chi connectivity index (χ4n) is 1.34. The van der Waals surface area contributed by atoms with Crippen molar-refractivity contribution in [2.75, 3.05) is 13.1 Å². The Morgan fingerprint density at radius 2 is 2.10 bits per heavy atom. The third-order valence-corrected chi connectivity index (χ3v) is 2.01. The number of hydrogen-bond acceptors (Lipinski definition) is 1. The second kappa shape index (κ2) is 3.15. The first-order chi connectivity index (χ1) is 4.77. The lowest BCUT2D eigenvalue weighted by Crippen LogP contribution is -2.38. The van der Waals surface area contributed by atoms with Crippen LogP contribution in [0.4, 0.5) is 4.39 Å². The lowest BCUT2D eigenvalue weighted by molar-refractivity contribution is 0.119. The lowest BCUT2D eigenvalue weighted by Gasteiger charge is -2.28. The normalized spacial score (nSPS) is 24.1. The molecule has 0 saturated carbocycles. The first kappa shape index (κ1) is 7.73. The van der Waals surface area contributed by atoms with E-state index in [0.717, 1.165) is 13.1 Å². The largest absolute Gasteiger partial charge is 0.316 e. The molecule has 0 aliphatic carbocycles. The van der Waals surface area contributed by atoms with Crippen LogP contribution in [0, 0.1) is 0 Å². The molecule has 0 radical (unpaired) electrons. The summed E-state index contributed by atoms with van der Waals surface area (Å²) in [6, 6.07) is 0. The van der Waals surface area contributed by atoms with Gasteiger partial charge in [0.05, 0.1) is 0 Å². The molecule has 1 rings (SSSR count). The van der Waals surface area contributed by atoms with Crippen molar-refractivity contribution in [2.45, 2.75) is 24.9 Å². The average Bonchev–Trinajstić information content (AvgIpc) is 1.89. The first-order valence-electron chi connectivity index (χ1n) is 3.77. The minimum Gasteiger partial charge on any atom is -0.316 e. The summed E-state index contributed by atoms with van der Waals surface area (Å²) in [4.78, 5) is 0. The Bertz CT molecular complexity index is 116. The van der Waals surface area contributed by atoms with Gasteiger partial charge in [-0.15, -0.1) is 6.58 Å². The van der Waals surface area contributed by atoms with Crippen LogP contribution in [0.1, 0.15) is 19.3 Å². The Morgan fingerprint density at radius 1 is 1.50 bits per heavy atom. The molecular formula is C8H14FN. The number of alkyl halides is 1. The molecular weight excluding hydrogens is 129 g/mol. The summed E-state index contributed by atoms with van der Waals surface area (Å²) in [6.45, 7) is 5.16. The molecule has 58 valence electrons. The van der Waals surface area contributed by atoms with E-state index in [0.29, 0.717) is 19.3 Å². The molecule has 1 aliphatic heterocycles. The summed E-state index contributed by atoms with van der Waals surface area (Å²) in [7, 11) is 0. The standard InChI is InChI=1S/C8H14FN/c1-2-3-8(9)4-6-10-7-5-8/h2,10H,1,3-7H2. The van der Waals surface area contributed by atoms with E-state index in [2.05, 4.69) is 11.9 Å². The number of nitrogens with one attached hydrogen (secondary N) is 1. The number of halogens is 1. The second-order valence-corrected chi connectivity index (χ2v) is 2.89. The van der Waals surface area contributed by atoms with E-state index in [1.165, 1.54) is 0 Å². The summed E-state index contributed by atoms with van der Waals surface area (Å²) in [6.07, 6.45) is 3.46. The predicted molar refractivity (Wildman–Crippen MR) is 40.8 cm³/mol. The highest BCUT2D eigenvalue weighted by Crippen LogP contribution is 2.26. The smallest absolute Gasteiger partial charge is 0.116 e. The van der Waals surface area contributed by atoms with Crippen molar-refractivity contribution >= 4 is 0 Å². The zero-order valence-electron chi connectivity index (χ0n) is 6.20. The van der Waals surface area contributed by atoms with Gasteiger partial charge in [0.2, 0.25) is 0 Å². The number of piperidine rings is 1. The van der Waals surface area contributed by atoms with Crippen molar-refractivity contribution in [3.63, 3.8) is 0 Å². The van der Waals surface area contributed by atoms with Gasteiger partial charge in [-0.1, -0.05) is 6.08 Å². The van der Waals surface area contributed by atoms with E-state index in [1.807, 2.05) is 0 Å². The van der Waals surface area contributed by atoms with Gasteiger partial charge in [-0.3, -0.25) is 0 Å². The van der Waals surface area contributed by atoms with Gasteiger partial charge in [0.1, 0.15) is 5.67 Å². The van der Waals surface area contributed by atoms with Crippen LogP contribution in [0.25, 0.3) is 0 Å². The van der Waals surface area contributed by atoms with Crippen LogP contribution in [-0.4, -0.2) is 18.8 Å². The highest BCUT2D eigenvalue weighted by Gasteiger charge is 2.29. The van der Waals surface area contributed by atoms with Crippen LogP contribution in [0.15, 0.2) is 12.7 Å². The lowest BCUT2D eigenvalue weighted by atomic mass is 9.91. The van der Waals surface area contributed by atoms with Gasteiger partial charge in [0, 0.05) is 0 Å². The number of hydrogen-bond donors (Lipinski definition) is 1. The summed E-state index contributed by atoms with van der Waals surface area (Å²) in [5, 5.41) is 3.12. The highest BCUT2D eigenvalue weighted by atomic mass is 19.1. The molecule has 0 aromatic rings. The maximum absolute atomic E-state index is 13.5. The topological polar surface area (TPSA) is 12.0 Å². The van der Waals surface area contributed by atoms with Gasteiger partial charge < -0.3 is 5.32 Å². The Balaban J connectivity index is 2.39. The molecule has 1 nitrogen and oxygen atoms in total. The predicted octanol–water partition coefficient (Wildman–Crippen LogP) is 1.65. The van der Waals surface area contributed by atoms with Gasteiger partial charge in [-0.05, 0) is 32.4 Å². The third-order valence-electron chi connectivity index (χ3n) is 2.01. The van der Waals surface area contributed by atoms with Gasteiger partial charge >= 0.3 is 0 Å². The Hall–Kier alpha value is -0.370. The fourth-order valence-corrected chi connectivity index (χ4v) is 1.34. The molecule has 0 atom stereocenters. The molecule has 1 N–H and O–H groups in total. The molecule has 10 heavy (non-hydrogen) atoms. The molecule has 0 aromatic carbocycles. The Labute approximate surface area is 61.3 Å². The maximum atomic E-state index is 13.5. The van der Waals surface area contributed by atoms with Crippen LogP contribution in [0.3, 0.4) is 0 Å². The summed E-state index contributed by atoms with van der Waals surface area (Å²) in [5.74, 6) is 0. The van der Waals surface area contributed by atoms with Crippen molar-refractivity contribution in [3.05, 3.63) is 12.7 Å². The first-order valence-corrected chi connectivity index (χ1v) is 3.77. The molecule has 2 heteroatoms. The number of allylic oxidation sites excluding steroid dienone is 1. The molecule has 1 saturated heterocycles. The van der Waals surface area contributed by atoms with E-state index in [-0.39, 0.29) is 0 Å². The average molecular weight is 143 g/mol. The summed E-state index contributed by atoms with van der Waals surface area (Å²) < 4.78 is 13.5. The van der Waals surface area contributed by atoms with Gasteiger partial charge in [-0.2, -0.15) is 0 Å². The van der Waals surface area contributed by atoms with Crippen LogP contribution in [0.2, 0.25) is 0 Å². The van der Waals surface area contributed by atoms with Crippen molar-refractivity contribution in [1.82, 2.24) is 5.32 Å².